The van der Waals surface area contributed by atoms with Crippen LogP contribution in [0, 0.1) is 17.1 Å². The van der Waals surface area contributed by atoms with Crippen molar-refractivity contribution in [3.8, 4) is 6.07 Å². The summed E-state index contributed by atoms with van der Waals surface area (Å²) in [7, 11) is 0. The Balaban J connectivity index is 1.42. The Bertz CT molecular complexity index is 848. The number of aromatic nitrogens is 2. The van der Waals surface area contributed by atoms with Gasteiger partial charge in [0.2, 0.25) is 5.95 Å². The van der Waals surface area contributed by atoms with E-state index in [-0.39, 0.29) is 11.9 Å². The van der Waals surface area contributed by atoms with E-state index < -0.39 is 0 Å². The molecule has 3 heterocycles. The summed E-state index contributed by atoms with van der Waals surface area (Å²) in [4.78, 5) is 13.2. The summed E-state index contributed by atoms with van der Waals surface area (Å²) in [6.45, 7) is 4.51. The van der Waals surface area contributed by atoms with E-state index in [0.29, 0.717) is 24.7 Å². The van der Waals surface area contributed by atoms with Crippen molar-refractivity contribution in [2.24, 2.45) is 0 Å². The third kappa shape index (κ3) is 3.93. The van der Waals surface area contributed by atoms with Crippen LogP contribution in [0.4, 0.5) is 21.8 Å². The normalized spacial score (nSPS) is 19.8. The fourth-order valence-electron chi connectivity index (χ4n) is 3.52. The molecule has 7 nitrogen and oxygen atoms in total. The monoisotopic (exact) mass is 368 g/mol. The number of hydrogen-bond acceptors (Lipinski definition) is 7. The van der Waals surface area contributed by atoms with E-state index in [1.807, 2.05) is 6.07 Å². The van der Waals surface area contributed by atoms with E-state index in [1.165, 1.54) is 12.1 Å². The van der Waals surface area contributed by atoms with Crippen LogP contribution in [0.15, 0.2) is 30.5 Å². The van der Waals surface area contributed by atoms with Crippen LogP contribution in [0.5, 0.6) is 0 Å². The lowest BCUT2D eigenvalue weighted by Crippen LogP contribution is -2.37. The molecule has 0 spiro atoms. The first-order chi connectivity index (χ1) is 13.2. The van der Waals surface area contributed by atoms with E-state index >= 15 is 0 Å². The predicted octanol–water partition coefficient (Wildman–Crippen LogP) is 2.01. The van der Waals surface area contributed by atoms with E-state index in [4.69, 9.17) is 4.74 Å². The third-order valence-corrected chi connectivity index (χ3v) is 4.90. The van der Waals surface area contributed by atoms with Crippen molar-refractivity contribution in [2.75, 3.05) is 54.5 Å². The molecule has 2 fully saturated rings. The van der Waals surface area contributed by atoms with Gasteiger partial charge < -0.3 is 19.9 Å². The molecule has 0 saturated carbocycles. The van der Waals surface area contributed by atoms with Gasteiger partial charge in [-0.15, -0.1) is 0 Å². The Morgan fingerprint density at radius 2 is 2.04 bits per heavy atom. The lowest BCUT2D eigenvalue weighted by Gasteiger charge is -2.27. The van der Waals surface area contributed by atoms with Gasteiger partial charge >= 0.3 is 0 Å². The molecule has 0 amide bonds. The number of ether oxygens (including phenoxy) is 1. The topological polar surface area (TPSA) is 77.3 Å². The first-order valence-corrected chi connectivity index (χ1v) is 9.10. The highest BCUT2D eigenvalue weighted by Crippen LogP contribution is 2.26. The number of nitrogens with one attached hydrogen (secondary N) is 1. The van der Waals surface area contributed by atoms with Crippen LogP contribution in [0.2, 0.25) is 0 Å². The second kappa shape index (κ2) is 7.76. The van der Waals surface area contributed by atoms with Crippen molar-refractivity contribution < 1.29 is 9.13 Å². The van der Waals surface area contributed by atoms with E-state index in [1.54, 1.807) is 12.3 Å². The molecule has 1 atom stereocenters. The molecule has 1 aromatic heterocycles. The maximum atomic E-state index is 13.4. The zero-order chi connectivity index (χ0) is 18.6. The molecule has 0 bridgehead atoms. The van der Waals surface area contributed by atoms with Crippen LogP contribution in [-0.4, -0.2) is 55.4 Å². The number of rotatable bonds is 4. The van der Waals surface area contributed by atoms with E-state index in [0.717, 1.165) is 44.1 Å². The number of benzene rings is 1. The van der Waals surface area contributed by atoms with Crippen molar-refractivity contribution in [1.29, 1.82) is 5.26 Å². The quantitative estimate of drug-likeness (QED) is 0.885. The summed E-state index contributed by atoms with van der Waals surface area (Å²) in [5.41, 5.74) is 1.15. The van der Waals surface area contributed by atoms with Gasteiger partial charge in [0.25, 0.3) is 0 Å². The fraction of sp³-hybridized carbons (Fsp3) is 0.421. The van der Waals surface area contributed by atoms with Gasteiger partial charge in [0.05, 0.1) is 24.5 Å². The second-order valence-corrected chi connectivity index (χ2v) is 6.69. The van der Waals surface area contributed by atoms with Gasteiger partial charge in [0, 0.05) is 38.4 Å². The van der Waals surface area contributed by atoms with Crippen molar-refractivity contribution >= 4 is 17.5 Å². The van der Waals surface area contributed by atoms with Crippen molar-refractivity contribution in [2.45, 2.75) is 12.5 Å². The molecule has 2 aliphatic rings. The molecule has 0 aliphatic carbocycles. The van der Waals surface area contributed by atoms with Crippen LogP contribution >= 0.6 is 0 Å². The first-order valence-electron chi connectivity index (χ1n) is 9.10. The van der Waals surface area contributed by atoms with Crippen molar-refractivity contribution in [3.05, 3.63) is 41.8 Å². The lowest BCUT2D eigenvalue weighted by atomic mass is 10.1. The Hall–Kier alpha value is -2.92. The minimum absolute atomic E-state index is 0.203. The molecule has 2 saturated heterocycles. The van der Waals surface area contributed by atoms with Crippen LogP contribution in [0.1, 0.15) is 12.0 Å². The van der Waals surface area contributed by atoms with E-state index in [9.17, 15) is 9.65 Å². The number of hydrogen-bond donors (Lipinski definition) is 1. The largest absolute Gasteiger partial charge is 0.378 e. The zero-order valence-electron chi connectivity index (χ0n) is 14.9. The van der Waals surface area contributed by atoms with Crippen LogP contribution < -0.4 is 15.1 Å². The second-order valence-electron chi connectivity index (χ2n) is 6.69. The van der Waals surface area contributed by atoms with Gasteiger partial charge in [-0.05, 0) is 30.7 Å². The molecule has 140 valence electrons. The molecule has 27 heavy (non-hydrogen) atoms. The zero-order valence-corrected chi connectivity index (χ0v) is 14.9. The fourth-order valence-corrected chi connectivity index (χ4v) is 3.52. The number of nitrogens with zero attached hydrogens (tertiary/aromatic N) is 5. The summed E-state index contributed by atoms with van der Waals surface area (Å²) in [6, 6.07) is 8.52. The number of halogens is 1. The summed E-state index contributed by atoms with van der Waals surface area (Å²) in [5.74, 6) is 1.11. The minimum Gasteiger partial charge on any atom is -0.378 e. The average molecular weight is 368 g/mol. The Morgan fingerprint density at radius 1 is 1.19 bits per heavy atom. The van der Waals surface area contributed by atoms with Gasteiger partial charge in [-0.2, -0.15) is 10.2 Å². The molecular weight excluding hydrogens is 347 g/mol. The number of anilines is 3. The highest BCUT2D eigenvalue weighted by Gasteiger charge is 2.25. The molecule has 1 unspecified atom stereocenters. The number of morpholine rings is 1. The summed E-state index contributed by atoms with van der Waals surface area (Å²) in [5, 5.41) is 12.7. The smallest absolute Gasteiger partial charge is 0.227 e. The van der Waals surface area contributed by atoms with Gasteiger partial charge in [0.1, 0.15) is 17.7 Å². The Labute approximate surface area is 157 Å². The molecule has 1 N–H and O–H groups in total. The van der Waals surface area contributed by atoms with Crippen LogP contribution in [0.25, 0.3) is 0 Å². The maximum absolute atomic E-state index is 13.4. The predicted molar refractivity (Wildman–Crippen MR) is 100 cm³/mol. The van der Waals surface area contributed by atoms with Crippen molar-refractivity contribution in [3.63, 3.8) is 0 Å². The minimum atomic E-state index is -0.388. The van der Waals surface area contributed by atoms with E-state index in [2.05, 4.69) is 31.2 Å². The summed E-state index contributed by atoms with van der Waals surface area (Å²) < 4.78 is 18.7. The molecule has 8 heteroatoms. The summed E-state index contributed by atoms with van der Waals surface area (Å²) in [6.07, 6.45) is 2.68. The molecule has 0 radical (unpaired) electrons. The van der Waals surface area contributed by atoms with Gasteiger partial charge in [-0.25, -0.2) is 9.37 Å². The molecule has 2 aromatic rings. The highest BCUT2D eigenvalue weighted by atomic mass is 19.1. The molecular formula is C19H21FN6O. The van der Waals surface area contributed by atoms with Gasteiger partial charge in [0.15, 0.2) is 0 Å². The van der Waals surface area contributed by atoms with Crippen LogP contribution in [0.3, 0.4) is 0 Å². The average Bonchev–Trinajstić information content (AvgIpc) is 3.17. The third-order valence-electron chi connectivity index (χ3n) is 4.90. The van der Waals surface area contributed by atoms with Gasteiger partial charge in [-0.3, -0.25) is 0 Å². The number of nitriles is 1. The lowest BCUT2D eigenvalue weighted by molar-refractivity contribution is 0.122. The Kier molecular flexibility index (Phi) is 5.03. The molecule has 2 aliphatic heterocycles. The van der Waals surface area contributed by atoms with Crippen LogP contribution in [-0.2, 0) is 4.74 Å². The van der Waals surface area contributed by atoms with Gasteiger partial charge in [-0.1, -0.05) is 0 Å². The molecule has 4 rings (SSSR count). The standard InChI is InChI=1S/C19H21FN6O/c20-15-1-2-17(14(11-15)12-21)26-6-4-16(13-26)23-18-3-5-22-19(24-18)25-7-9-27-10-8-25/h1-3,5,11,16H,4,6-10,13H2,(H,22,23,24). The first kappa shape index (κ1) is 17.5. The molecule has 1 aromatic carbocycles. The highest BCUT2D eigenvalue weighted by molar-refractivity contribution is 5.60. The Morgan fingerprint density at radius 3 is 2.85 bits per heavy atom. The SMILES string of the molecule is N#Cc1cc(F)ccc1N1CCC(Nc2ccnc(N3CCOCC3)n2)C1. The summed E-state index contributed by atoms with van der Waals surface area (Å²) >= 11 is 0. The van der Waals surface area contributed by atoms with Crippen molar-refractivity contribution in [1.82, 2.24) is 9.97 Å². The maximum Gasteiger partial charge on any atom is 0.227 e.